The Morgan fingerprint density at radius 2 is 2.12 bits per heavy atom. The van der Waals surface area contributed by atoms with Gasteiger partial charge in [0, 0.05) is 5.69 Å². The quantitative estimate of drug-likeness (QED) is 0.843. The number of nitrogens with zero attached hydrogens (tertiary/aromatic N) is 4. The molecule has 2 rings (SSSR count). The number of rotatable bonds is 3. The molecule has 0 saturated heterocycles. The second kappa shape index (κ2) is 4.30. The van der Waals surface area contributed by atoms with Crippen LogP contribution in [0.3, 0.4) is 0 Å². The van der Waals surface area contributed by atoms with E-state index in [-0.39, 0.29) is 0 Å². The van der Waals surface area contributed by atoms with Gasteiger partial charge in [0.05, 0.1) is 17.6 Å². The zero-order valence-corrected chi connectivity index (χ0v) is 9.51. The van der Waals surface area contributed by atoms with E-state index in [0.29, 0.717) is 11.5 Å². The van der Waals surface area contributed by atoms with Crippen molar-refractivity contribution in [3.8, 4) is 5.82 Å². The molecule has 0 aliphatic rings. The highest BCUT2D eigenvalue weighted by atomic mass is 15.3. The number of nitrogen functional groups attached to an aromatic ring is 1. The Morgan fingerprint density at radius 1 is 1.31 bits per heavy atom. The maximum absolute atomic E-state index is 5.84. The summed E-state index contributed by atoms with van der Waals surface area (Å²) in [6, 6.07) is 2.08. The molecule has 16 heavy (non-hydrogen) atoms. The predicted octanol–water partition coefficient (Wildman–Crippen LogP) is 1.37. The van der Waals surface area contributed by atoms with Gasteiger partial charge in [-0.15, -0.1) is 0 Å². The lowest BCUT2D eigenvalue weighted by atomic mass is 10.2. The summed E-state index contributed by atoms with van der Waals surface area (Å²) < 4.78 is 1.80. The summed E-state index contributed by atoms with van der Waals surface area (Å²) >= 11 is 0. The summed E-state index contributed by atoms with van der Waals surface area (Å²) in [5.74, 6) is 0.659. The zero-order chi connectivity index (χ0) is 11.5. The fourth-order valence-corrected chi connectivity index (χ4v) is 1.59. The van der Waals surface area contributed by atoms with Gasteiger partial charge in [-0.1, -0.05) is 13.8 Å². The molecule has 2 aromatic heterocycles. The predicted molar refractivity (Wildman–Crippen MR) is 62.3 cm³/mol. The number of aromatic nitrogens is 4. The highest BCUT2D eigenvalue weighted by molar-refractivity contribution is 5.50. The van der Waals surface area contributed by atoms with Crippen molar-refractivity contribution in [2.45, 2.75) is 26.7 Å². The molecule has 0 saturated carbocycles. The topological polar surface area (TPSA) is 69.6 Å². The third kappa shape index (κ3) is 1.76. The molecule has 5 nitrogen and oxygen atoms in total. The zero-order valence-electron chi connectivity index (χ0n) is 9.51. The normalized spacial score (nSPS) is 10.6. The number of hydrogen-bond acceptors (Lipinski definition) is 4. The minimum Gasteiger partial charge on any atom is -0.394 e. The second-order valence-electron chi connectivity index (χ2n) is 3.55. The molecule has 0 radical (unpaired) electrons. The smallest absolute Gasteiger partial charge is 0.179 e. The molecule has 0 amide bonds. The number of anilines is 1. The average molecular weight is 217 g/mol. The van der Waals surface area contributed by atoms with E-state index >= 15 is 0 Å². The fourth-order valence-electron chi connectivity index (χ4n) is 1.59. The Morgan fingerprint density at radius 3 is 2.75 bits per heavy atom. The standard InChI is InChI=1S/C11H15N5/c1-3-8-5-9(4-2)16(15-8)11-10(12)6-13-7-14-11/h5-7H,3-4,12H2,1-2H3. The van der Waals surface area contributed by atoms with Crippen molar-refractivity contribution in [3.63, 3.8) is 0 Å². The maximum atomic E-state index is 5.84. The Balaban J connectivity index is 2.54. The lowest BCUT2D eigenvalue weighted by molar-refractivity contribution is 0.771. The van der Waals surface area contributed by atoms with Crippen molar-refractivity contribution in [1.29, 1.82) is 0 Å². The molecule has 0 aliphatic heterocycles. The summed E-state index contributed by atoms with van der Waals surface area (Å²) in [7, 11) is 0. The Labute approximate surface area is 94.3 Å². The van der Waals surface area contributed by atoms with Crippen molar-refractivity contribution < 1.29 is 0 Å². The van der Waals surface area contributed by atoms with Gasteiger partial charge in [0.2, 0.25) is 0 Å². The van der Waals surface area contributed by atoms with Gasteiger partial charge in [-0.25, -0.2) is 14.6 Å². The average Bonchev–Trinajstić information content (AvgIpc) is 2.72. The molecule has 0 bridgehead atoms. The number of nitrogens with two attached hydrogens (primary N) is 1. The maximum Gasteiger partial charge on any atom is 0.179 e. The van der Waals surface area contributed by atoms with Gasteiger partial charge in [-0.2, -0.15) is 5.10 Å². The van der Waals surface area contributed by atoms with Gasteiger partial charge in [0.25, 0.3) is 0 Å². The van der Waals surface area contributed by atoms with E-state index in [1.807, 2.05) is 0 Å². The summed E-state index contributed by atoms with van der Waals surface area (Å²) in [6.45, 7) is 4.17. The van der Waals surface area contributed by atoms with E-state index < -0.39 is 0 Å². The van der Waals surface area contributed by atoms with E-state index in [0.717, 1.165) is 24.2 Å². The van der Waals surface area contributed by atoms with Crippen LogP contribution >= 0.6 is 0 Å². The first-order valence-electron chi connectivity index (χ1n) is 5.40. The molecular weight excluding hydrogens is 202 g/mol. The second-order valence-corrected chi connectivity index (χ2v) is 3.55. The van der Waals surface area contributed by atoms with Crippen LogP contribution in [0.15, 0.2) is 18.6 Å². The summed E-state index contributed by atoms with van der Waals surface area (Å²) in [6.07, 6.45) is 4.88. The Kier molecular flexibility index (Phi) is 2.85. The van der Waals surface area contributed by atoms with Crippen LogP contribution in [0.25, 0.3) is 5.82 Å². The number of hydrogen-bond donors (Lipinski definition) is 1. The highest BCUT2D eigenvalue weighted by Gasteiger charge is 2.10. The van der Waals surface area contributed by atoms with Crippen LogP contribution in [-0.4, -0.2) is 19.7 Å². The van der Waals surface area contributed by atoms with Crippen LogP contribution in [-0.2, 0) is 12.8 Å². The molecule has 0 fully saturated rings. The molecule has 0 unspecified atom stereocenters. The summed E-state index contributed by atoms with van der Waals surface area (Å²) in [5.41, 5.74) is 8.55. The molecule has 0 aromatic carbocycles. The van der Waals surface area contributed by atoms with Crippen LogP contribution in [0.1, 0.15) is 25.2 Å². The Bertz CT molecular complexity index is 489. The molecule has 0 atom stereocenters. The minimum atomic E-state index is 0.544. The van der Waals surface area contributed by atoms with Gasteiger partial charge in [-0.05, 0) is 18.9 Å². The van der Waals surface area contributed by atoms with E-state index in [1.165, 1.54) is 6.33 Å². The van der Waals surface area contributed by atoms with Crippen LogP contribution < -0.4 is 5.73 Å². The SMILES string of the molecule is CCc1cc(CC)n(-c2ncncc2N)n1. The molecule has 5 heteroatoms. The lowest BCUT2D eigenvalue weighted by Crippen LogP contribution is -2.07. The van der Waals surface area contributed by atoms with Gasteiger partial charge in [0.1, 0.15) is 6.33 Å². The summed E-state index contributed by atoms with van der Waals surface area (Å²) in [5, 5.41) is 4.48. The first-order valence-corrected chi connectivity index (χ1v) is 5.40. The van der Waals surface area contributed by atoms with Gasteiger partial charge in [0.15, 0.2) is 5.82 Å². The minimum absolute atomic E-state index is 0.544. The van der Waals surface area contributed by atoms with E-state index in [9.17, 15) is 0 Å². The van der Waals surface area contributed by atoms with E-state index in [2.05, 4.69) is 35.0 Å². The largest absolute Gasteiger partial charge is 0.394 e. The monoisotopic (exact) mass is 217 g/mol. The first kappa shape index (κ1) is 10.6. The Hall–Kier alpha value is -1.91. The first-order chi connectivity index (χ1) is 7.76. The van der Waals surface area contributed by atoms with Gasteiger partial charge in [-0.3, -0.25) is 0 Å². The number of aryl methyl sites for hydroxylation is 2. The van der Waals surface area contributed by atoms with Crippen molar-refractivity contribution in [2.24, 2.45) is 0 Å². The molecule has 2 aromatic rings. The molecule has 0 aliphatic carbocycles. The van der Waals surface area contributed by atoms with Crippen LogP contribution in [0.4, 0.5) is 5.69 Å². The summed E-state index contributed by atoms with van der Waals surface area (Å²) in [4.78, 5) is 8.04. The molecule has 0 spiro atoms. The van der Waals surface area contributed by atoms with Crippen molar-refractivity contribution in [2.75, 3.05) is 5.73 Å². The third-order valence-electron chi connectivity index (χ3n) is 2.48. The highest BCUT2D eigenvalue weighted by Crippen LogP contribution is 2.16. The van der Waals surface area contributed by atoms with Crippen LogP contribution in [0.5, 0.6) is 0 Å². The van der Waals surface area contributed by atoms with Gasteiger partial charge >= 0.3 is 0 Å². The van der Waals surface area contributed by atoms with Crippen LogP contribution in [0, 0.1) is 0 Å². The van der Waals surface area contributed by atoms with E-state index in [4.69, 9.17) is 5.73 Å². The lowest BCUT2D eigenvalue weighted by Gasteiger charge is -2.06. The van der Waals surface area contributed by atoms with E-state index in [1.54, 1.807) is 10.9 Å². The third-order valence-corrected chi connectivity index (χ3v) is 2.48. The van der Waals surface area contributed by atoms with Gasteiger partial charge < -0.3 is 5.73 Å². The molecular formula is C11H15N5. The van der Waals surface area contributed by atoms with Crippen molar-refractivity contribution in [3.05, 3.63) is 30.0 Å². The molecule has 84 valence electrons. The molecule has 2 N–H and O–H groups in total. The molecule has 2 heterocycles. The van der Waals surface area contributed by atoms with Crippen LogP contribution in [0.2, 0.25) is 0 Å². The fraction of sp³-hybridized carbons (Fsp3) is 0.364. The van der Waals surface area contributed by atoms with Crippen molar-refractivity contribution in [1.82, 2.24) is 19.7 Å². The van der Waals surface area contributed by atoms with Crippen molar-refractivity contribution >= 4 is 5.69 Å².